The molecule has 0 N–H and O–H groups in total. The van der Waals surface area contributed by atoms with Crippen molar-refractivity contribution in [3.8, 4) is 17.6 Å². The fourth-order valence-electron chi connectivity index (χ4n) is 4.21. The third kappa shape index (κ3) is 7.61. The van der Waals surface area contributed by atoms with Crippen LogP contribution >= 0.6 is 11.6 Å². The highest BCUT2D eigenvalue weighted by molar-refractivity contribution is 6.30. The molecule has 0 radical (unpaired) electrons. The molecule has 6 nitrogen and oxygen atoms in total. The van der Waals surface area contributed by atoms with Gasteiger partial charge in [-0.25, -0.2) is 9.69 Å². The second-order valence-corrected chi connectivity index (χ2v) is 9.69. The summed E-state index contributed by atoms with van der Waals surface area (Å²) in [5.74, 6) is 6.25. The highest BCUT2D eigenvalue weighted by Crippen LogP contribution is 2.22. The molecule has 0 aromatic heterocycles. The smallest absolute Gasteiger partial charge is 0.417 e. The van der Waals surface area contributed by atoms with E-state index in [9.17, 15) is 9.59 Å². The minimum absolute atomic E-state index is 0.161. The zero-order valence-electron chi connectivity index (χ0n) is 21.4. The minimum Gasteiger partial charge on any atom is -0.481 e. The van der Waals surface area contributed by atoms with Crippen LogP contribution in [0, 0.1) is 11.8 Å². The molecule has 2 atom stereocenters. The lowest BCUT2D eigenvalue weighted by atomic mass is 10.0. The number of carbonyl (C=O) groups is 2. The summed E-state index contributed by atoms with van der Waals surface area (Å²) < 4.78 is 17.1. The van der Waals surface area contributed by atoms with Crippen LogP contribution in [-0.4, -0.2) is 48.4 Å². The molecule has 1 fully saturated rings. The monoisotopic (exact) mass is 531 g/mol. The van der Waals surface area contributed by atoms with Gasteiger partial charge >= 0.3 is 6.09 Å². The number of imide groups is 1. The average molecular weight is 532 g/mol. The first-order valence-corrected chi connectivity index (χ1v) is 12.9. The zero-order chi connectivity index (χ0) is 26.9. The van der Waals surface area contributed by atoms with Gasteiger partial charge in [-0.15, -0.1) is 0 Å². The standard InChI is InChI=1S/C31H30ClNO5/c1-22(2)38-29(30(34)33-27(21-37-31(33)35)18-24-8-4-3-5-9-24)20-25-10-6-12-28(19-25)36-17-7-11-23-13-15-26(32)16-14-23/h3-6,8-10,12-16,19,22,27,29H,17-18,20-21H2,1-2H3/t27-,29-/m0/s1. The van der Waals surface area contributed by atoms with E-state index >= 15 is 0 Å². The second-order valence-electron chi connectivity index (χ2n) is 9.25. The second kappa shape index (κ2) is 13.1. The molecule has 3 aromatic carbocycles. The molecule has 7 heteroatoms. The number of halogens is 1. The summed E-state index contributed by atoms with van der Waals surface area (Å²) in [6.45, 7) is 4.10. The van der Waals surface area contributed by atoms with Crippen LogP contribution in [0.2, 0.25) is 5.02 Å². The molecular formula is C31H30ClNO5. The van der Waals surface area contributed by atoms with Crippen molar-refractivity contribution < 1.29 is 23.8 Å². The molecule has 4 rings (SSSR count). The number of nitrogens with zero attached hydrogens (tertiary/aromatic N) is 1. The Labute approximate surface area is 228 Å². The Morgan fingerprint density at radius 1 is 1.05 bits per heavy atom. The summed E-state index contributed by atoms with van der Waals surface area (Å²) in [6, 6.07) is 24.1. The van der Waals surface area contributed by atoms with Crippen LogP contribution in [0.3, 0.4) is 0 Å². The molecule has 0 saturated carbocycles. The first-order valence-electron chi connectivity index (χ1n) is 12.5. The van der Waals surface area contributed by atoms with E-state index in [1.165, 1.54) is 4.90 Å². The molecule has 1 saturated heterocycles. The van der Waals surface area contributed by atoms with Gasteiger partial charge in [-0.05, 0) is 67.8 Å². The molecule has 0 aliphatic carbocycles. The number of cyclic esters (lactones) is 1. The Bertz CT molecular complexity index is 1300. The lowest BCUT2D eigenvalue weighted by Crippen LogP contribution is -2.47. The van der Waals surface area contributed by atoms with Crippen molar-refractivity contribution in [2.24, 2.45) is 0 Å². The van der Waals surface area contributed by atoms with E-state index in [0.29, 0.717) is 17.2 Å². The molecular weight excluding hydrogens is 502 g/mol. The van der Waals surface area contributed by atoms with Crippen molar-refractivity contribution in [2.75, 3.05) is 13.2 Å². The maximum absolute atomic E-state index is 13.6. The molecule has 38 heavy (non-hydrogen) atoms. The normalized spacial score (nSPS) is 15.5. The fraction of sp³-hybridized carbons (Fsp3) is 0.290. The largest absolute Gasteiger partial charge is 0.481 e. The molecule has 1 heterocycles. The van der Waals surface area contributed by atoms with Gasteiger partial charge in [-0.2, -0.15) is 0 Å². The molecule has 2 amide bonds. The van der Waals surface area contributed by atoms with E-state index in [1.807, 2.05) is 80.6 Å². The fourth-order valence-corrected chi connectivity index (χ4v) is 4.34. The van der Waals surface area contributed by atoms with E-state index in [1.54, 1.807) is 12.1 Å². The average Bonchev–Trinajstić information content (AvgIpc) is 3.27. The lowest BCUT2D eigenvalue weighted by molar-refractivity contribution is -0.144. The zero-order valence-corrected chi connectivity index (χ0v) is 22.2. The van der Waals surface area contributed by atoms with Crippen molar-refractivity contribution in [1.29, 1.82) is 0 Å². The maximum Gasteiger partial charge on any atom is 0.417 e. The molecule has 3 aromatic rings. The van der Waals surface area contributed by atoms with Crippen LogP contribution in [0.4, 0.5) is 4.79 Å². The van der Waals surface area contributed by atoms with E-state index in [0.717, 1.165) is 16.7 Å². The predicted octanol–water partition coefficient (Wildman–Crippen LogP) is 5.70. The summed E-state index contributed by atoms with van der Waals surface area (Å²) >= 11 is 5.91. The number of rotatable bonds is 9. The van der Waals surface area contributed by atoms with Crippen LogP contribution in [0.5, 0.6) is 5.75 Å². The Kier molecular flexibility index (Phi) is 9.42. The summed E-state index contributed by atoms with van der Waals surface area (Å²) in [6.07, 6.45) is -0.888. The third-order valence-corrected chi connectivity index (χ3v) is 6.18. The van der Waals surface area contributed by atoms with Gasteiger partial charge in [-0.1, -0.05) is 65.9 Å². The van der Waals surface area contributed by atoms with E-state index in [4.69, 9.17) is 25.8 Å². The molecule has 1 aliphatic rings. The Morgan fingerprint density at radius 2 is 1.79 bits per heavy atom. The topological polar surface area (TPSA) is 65.1 Å². The molecule has 0 spiro atoms. The SMILES string of the molecule is CC(C)O[C@@H](Cc1cccc(OCC#Cc2ccc(Cl)cc2)c1)C(=O)N1C(=O)OC[C@@H]1Cc1ccccc1. The number of amides is 2. The summed E-state index contributed by atoms with van der Waals surface area (Å²) in [5.41, 5.74) is 2.73. The molecule has 1 aliphatic heterocycles. The lowest BCUT2D eigenvalue weighted by Gasteiger charge is -2.26. The quantitative estimate of drug-likeness (QED) is 0.332. The van der Waals surface area contributed by atoms with E-state index in [2.05, 4.69) is 11.8 Å². The van der Waals surface area contributed by atoms with Gasteiger partial charge in [0.15, 0.2) is 0 Å². The highest BCUT2D eigenvalue weighted by atomic mass is 35.5. The summed E-state index contributed by atoms with van der Waals surface area (Å²) in [7, 11) is 0. The van der Waals surface area contributed by atoms with E-state index in [-0.39, 0.29) is 31.8 Å². The van der Waals surface area contributed by atoms with Crippen LogP contribution in [0.1, 0.15) is 30.5 Å². The number of hydrogen-bond acceptors (Lipinski definition) is 5. The van der Waals surface area contributed by atoms with E-state index < -0.39 is 18.1 Å². The predicted molar refractivity (Wildman–Crippen MR) is 146 cm³/mol. The number of ether oxygens (including phenoxy) is 3. The number of hydrogen-bond donors (Lipinski definition) is 0. The van der Waals surface area contributed by atoms with Crippen molar-refractivity contribution in [3.63, 3.8) is 0 Å². The van der Waals surface area contributed by atoms with Crippen molar-refractivity contribution in [3.05, 3.63) is 101 Å². The highest BCUT2D eigenvalue weighted by Gasteiger charge is 2.41. The number of carbonyl (C=O) groups excluding carboxylic acids is 2. The van der Waals surface area contributed by atoms with Gasteiger partial charge in [0, 0.05) is 17.0 Å². The molecule has 0 unspecified atom stereocenters. The van der Waals surface area contributed by atoms with Crippen LogP contribution in [-0.2, 0) is 27.1 Å². The van der Waals surface area contributed by atoms with Gasteiger partial charge < -0.3 is 14.2 Å². The van der Waals surface area contributed by atoms with Gasteiger partial charge in [0.25, 0.3) is 5.91 Å². The Balaban J connectivity index is 1.43. The molecule has 0 bridgehead atoms. The third-order valence-electron chi connectivity index (χ3n) is 5.93. The van der Waals surface area contributed by atoms with Crippen molar-refractivity contribution >= 4 is 23.6 Å². The summed E-state index contributed by atoms with van der Waals surface area (Å²) in [5, 5.41) is 0.662. The molecule has 196 valence electrons. The van der Waals surface area contributed by atoms with Crippen molar-refractivity contribution in [1.82, 2.24) is 4.90 Å². The van der Waals surface area contributed by atoms with Crippen molar-refractivity contribution in [2.45, 2.75) is 44.9 Å². The Hall–Kier alpha value is -3.79. The van der Waals surface area contributed by atoms with Gasteiger partial charge in [0.1, 0.15) is 25.1 Å². The van der Waals surface area contributed by atoms with Gasteiger partial charge in [0.2, 0.25) is 0 Å². The first-order chi connectivity index (χ1) is 18.4. The van der Waals surface area contributed by atoms with Crippen LogP contribution in [0.15, 0.2) is 78.9 Å². The Morgan fingerprint density at radius 3 is 2.53 bits per heavy atom. The summed E-state index contributed by atoms with van der Waals surface area (Å²) in [4.78, 5) is 27.4. The first kappa shape index (κ1) is 27.3. The van der Waals surface area contributed by atoms with Gasteiger partial charge in [-0.3, -0.25) is 4.79 Å². The van der Waals surface area contributed by atoms with Gasteiger partial charge in [0.05, 0.1) is 12.1 Å². The number of benzene rings is 3. The minimum atomic E-state index is -0.848. The van der Waals surface area contributed by atoms with Crippen LogP contribution in [0.25, 0.3) is 0 Å². The van der Waals surface area contributed by atoms with Crippen LogP contribution < -0.4 is 4.74 Å². The maximum atomic E-state index is 13.6.